The number of amides is 1. The predicted molar refractivity (Wildman–Crippen MR) is 62.9 cm³/mol. The zero-order valence-corrected chi connectivity index (χ0v) is 11.2. The van der Waals surface area contributed by atoms with E-state index in [4.69, 9.17) is 9.47 Å². The van der Waals surface area contributed by atoms with Crippen LogP contribution >= 0.6 is 0 Å². The van der Waals surface area contributed by atoms with Crippen molar-refractivity contribution < 1.29 is 23.5 Å². The average Bonchev–Trinajstić information content (AvgIpc) is 2.58. The minimum absolute atomic E-state index is 0.128. The van der Waals surface area contributed by atoms with Crippen LogP contribution in [-0.4, -0.2) is 47.9 Å². The smallest absolute Gasteiger partial charge is 0.411 e. The Morgan fingerprint density at radius 1 is 1.39 bits per heavy atom. The van der Waals surface area contributed by atoms with Crippen LogP contribution < -0.4 is 0 Å². The molecule has 0 spiro atoms. The summed E-state index contributed by atoms with van der Waals surface area (Å²) in [5.41, 5.74) is -0.676. The number of alkyl halides is 1. The summed E-state index contributed by atoms with van der Waals surface area (Å²) < 4.78 is 23.6. The van der Waals surface area contributed by atoms with Gasteiger partial charge in [-0.05, 0) is 34.1 Å². The molecule has 0 aromatic heterocycles. The van der Waals surface area contributed by atoms with Crippen molar-refractivity contribution in [3.8, 4) is 0 Å². The molecule has 2 atom stereocenters. The normalized spacial score (nSPS) is 23.9. The van der Waals surface area contributed by atoms with Gasteiger partial charge in [0.2, 0.25) is 0 Å². The highest BCUT2D eigenvalue weighted by atomic mass is 19.1. The number of rotatable bonds is 2. The van der Waals surface area contributed by atoms with Gasteiger partial charge in [-0.3, -0.25) is 4.90 Å². The predicted octanol–water partition coefficient (Wildman–Crippen LogP) is 1.90. The quantitative estimate of drug-likeness (QED) is 0.712. The monoisotopic (exact) mass is 261 g/mol. The molecule has 1 aliphatic heterocycles. The number of hydrogen-bond acceptors (Lipinski definition) is 4. The van der Waals surface area contributed by atoms with Crippen molar-refractivity contribution in [1.82, 2.24) is 4.90 Å². The fourth-order valence-corrected chi connectivity index (χ4v) is 1.78. The minimum atomic E-state index is -1.39. The third-order valence-electron chi connectivity index (χ3n) is 2.48. The van der Waals surface area contributed by atoms with E-state index in [1.165, 1.54) is 0 Å². The van der Waals surface area contributed by atoms with Crippen LogP contribution in [0.3, 0.4) is 0 Å². The average molecular weight is 261 g/mol. The van der Waals surface area contributed by atoms with Gasteiger partial charge in [0.05, 0.1) is 6.61 Å². The molecule has 18 heavy (non-hydrogen) atoms. The standard InChI is InChI=1S/C12H20FNO4/c1-5-17-10(15)9-8(13)6-7-14(9)11(16)18-12(2,3)4/h8-9H,5-7H2,1-4H3. The molecule has 104 valence electrons. The summed E-state index contributed by atoms with van der Waals surface area (Å²) in [4.78, 5) is 24.6. The van der Waals surface area contributed by atoms with Crippen LogP contribution in [0.2, 0.25) is 0 Å². The van der Waals surface area contributed by atoms with E-state index in [1.807, 2.05) is 0 Å². The number of ether oxygens (including phenoxy) is 2. The molecule has 5 nitrogen and oxygen atoms in total. The van der Waals surface area contributed by atoms with Crippen molar-refractivity contribution in [2.75, 3.05) is 13.2 Å². The van der Waals surface area contributed by atoms with Gasteiger partial charge in [0.1, 0.15) is 11.8 Å². The van der Waals surface area contributed by atoms with E-state index in [0.29, 0.717) is 0 Å². The van der Waals surface area contributed by atoms with Gasteiger partial charge in [-0.1, -0.05) is 0 Å². The molecule has 0 aliphatic carbocycles. The molecule has 0 radical (unpaired) electrons. The second-order valence-corrected chi connectivity index (χ2v) is 5.18. The molecular formula is C12H20FNO4. The van der Waals surface area contributed by atoms with Gasteiger partial charge in [0, 0.05) is 6.54 Å². The first-order valence-corrected chi connectivity index (χ1v) is 6.06. The summed E-state index contributed by atoms with van der Waals surface area (Å²) in [6.45, 7) is 7.11. The second-order valence-electron chi connectivity index (χ2n) is 5.18. The van der Waals surface area contributed by atoms with E-state index < -0.39 is 29.9 Å². The van der Waals surface area contributed by atoms with E-state index in [0.717, 1.165) is 4.90 Å². The van der Waals surface area contributed by atoms with Crippen molar-refractivity contribution in [1.29, 1.82) is 0 Å². The summed E-state index contributed by atoms with van der Waals surface area (Å²) >= 11 is 0. The molecule has 1 saturated heterocycles. The lowest BCUT2D eigenvalue weighted by Gasteiger charge is -2.27. The van der Waals surface area contributed by atoms with Gasteiger partial charge in [-0.15, -0.1) is 0 Å². The van der Waals surface area contributed by atoms with Crippen LogP contribution in [0.1, 0.15) is 34.1 Å². The fourth-order valence-electron chi connectivity index (χ4n) is 1.78. The molecule has 1 heterocycles. The number of likely N-dealkylation sites (tertiary alicyclic amines) is 1. The summed E-state index contributed by atoms with van der Waals surface area (Å²) in [5, 5.41) is 0. The fraction of sp³-hybridized carbons (Fsp3) is 0.833. The molecule has 0 N–H and O–H groups in total. The number of halogens is 1. The Kier molecular flexibility index (Phi) is 4.53. The van der Waals surface area contributed by atoms with Crippen LogP contribution in [0, 0.1) is 0 Å². The molecule has 0 bridgehead atoms. The number of esters is 1. The van der Waals surface area contributed by atoms with Crippen LogP contribution in [0.5, 0.6) is 0 Å². The second kappa shape index (κ2) is 5.54. The van der Waals surface area contributed by atoms with Crippen molar-refractivity contribution in [3.63, 3.8) is 0 Å². The van der Waals surface area contributed by atoms with E-state index in [1.54, 1.807) is 27.7 Å². The maximum atomic E-state index is 13.7. The van der Waals surface area contributed by atoms with E-state index in [2.05, 4.69) is 0 Å². The third-order valence-corrected chi connectivity index (χ3v) is 2.48. The molecular weight excluding hydrogens is 241 g/mol. The zero-order valence-electron chi connectivity index (χ0n) is 11.2. The lowest BCUT2D eigenvalue weighted by Crippen LogP contribution is -2.46. The summed E-state index contributed by atoms with van der Waals surface area (Å²) in [6.07, 6.45) is -1.94. The Morgan fingerprint density at radius 2 is 2.00 bits per heavy atom. The Bertz CT molecular complexity index is 327. The molecule has 0 saturated carbocycles. The molecule has 0 aromatic carbocycles. The van der Waals surface area contributed by atoms with Crippen molar-refractivity contribution in [2.24, 2.45) is 0 Å². The first kappa shape index (κ1) is 14.7. The highest BCUT2D eigenvalue weighted by Crippen LogP contribution is 2.24. The number of carbonyl (C=O) groups excluding carboxylic acids is 2. The zero-order chi connectivity index (χ0) is 13.9. The molecule has 0 aromatic rings. The van der Waals surface area contributed by atoms with Gasteiger partial charge >= 0.3 is 12.1 Å². The highest BCUT2D eigenvalue weighted by molar-refractivity contribution is 5.83. The number of carbonyl (C=O) groups is 2. The van der Waals surface area contributed by atoms with Crippen LogP contribution in [-0.2, 0) is 14.3 Å². The Hall–Kier alpha value is -1.33. The molecule has 1 amide bonds. The third kappa shape index (κ3) is 3.58. The van der Waals surface area contributed by atoms with Crippen molar-refractivity contribution in [2.45, 2.75) is 51.9 Å². The number of nitrogens with zero attached hydrogens (tertiary/aromatic N) is 1. The Morgan fingerprint density at radius 3 is 2.50 bits per heavy atom. The Balaban J connectivity index is 2.74. The summed E-state index contributed by atoms with van der Waals surface area (Å²) in [5.74, 6) is -0.714. The molecule has 1 aliphatic rings. The topological polar surface area (TPSA) is 55.8 Å². The highest BCUT2D eigenvalue weighted by Gasteiger charge is 2.44. The van der Waals surface area contributed by atoms with Gasteiger partial charge in [0.25, 0.3) is 0 Å². The van der Waals surface area contributed by atoms with Crippen LogP contribution in [0.15, 0.2) is 0 Å². The molecule has 1 fully saturated rings. The maximum Gasteiger partial charge on any atom is 0.411 e. The molecule has 6 heteroatoms. The first-order chi connectivity index (χ1) is 8.26. The largest absolute Gasteiger partial charge is 0.464 e. The Labute approximate surface area is 106 Å². The summed E-state index contributed by atoms with van der Waals surface area (Å²) in [7, 11) is 0. The lowest BCUT2D eigenvalue weighted by molar-refractivity contribution is -0.149. The van der Waals surface area contributed by atoms with Gasteiger partial charge < -0.3 is 9.47 Å². The first-order valence-electron chi connectivity index (χ1n) is 6.06. The molecule has 2 unspecified atom stereocenters. The van der Waals surface area contributed by atoms with Crippen LogP contribution in [0.25, 0.3) is 0 Å². The minimum Gasteiger partial charge on any atom is -0.464 e. The van der Waals surface area contributed by atoms with E-state index in [-0.39, 0.29) is 19.6 Å². The van der Waals surface area contributed by atoms with Gasteiger partial charge in [-0.25, -0.2) is 14.0 Å². The van der Waals surface area contributed by atoms with Crippen molar-refractivity contribution in [3.05, 3.63) is 0 Å². The maximum absolute atomic E-state index is 13.7. The van der Waals surface area contributed by atoms with Gasteiger partial charge in [-0.2, -0.15) is 0 Å². The van der Waals surface area contributed by atoms with E-state index >= 15 is 0 Å². The lowest BCUT2D eigenvalue weighted by atomic mass is 10.2. The SMILES string of the molecule is CCOC(=O)C1C(F)CCN1C(=O)OC(C)(C)C. The summed E-state index contributed by atoms with van der Waals surface area (Å²) in [6, 6.07) is -1.18. The molecule has 1 rings (SSSR count). The number of hydrogen-bond donors (Lipinski definition) is 0. The van der Waals surface area contributed by atoms with E-state index in [9.17, 15) is 14.0 Å². The van der Waals surface area contributed by atoms with Crippen LogP contribution in [0.4, 0.5) is 9.18 Å². The van der Waals surface area contributed by atoms with Gasteiger partial charge in [0.15, 0.2) is 6.04 Å². The van der Waals surface area contributed by atoms with Crippen molar-refractivity contribution >= 4 is 12.1 Å².